The molecule has 0 fully saturated rings. The molecule has 0 rings (SSSR count). The molecule has 0 heterocycles. The van der Waals surface area contributed by atoms with Crippen LogP contribution in [0, 0.1) is 0 Å². The number of allylic oxidation sites excluding steroid dienone is 7. The van der Waals surface area contributed by atoms with Gasteiger partial charge in [-0.05, 0) is 64.2 Å². The minimum absolute atomic E-state index is 0.0946. The van der Waals surface area contributed by atoms with Gasteiger partial charge in [0, 0.05) is 6.42 Å². The van der Waals surface area contributed by atoms with E-state index in [4.69, 9.17) is 0 Å². The minimum Gasteiger partial charge on any atom is -0.394 e. The van der Waals surface area contributed by atoms with Crippen LogP contribution >= 0.6 is 0 Å². The van der Waals surface area contributed by atoms with Gasteiger partial charge in [0.25, 0.3) is 0 Å². The zero-order chi connectivity index (χ0) is 27.2. The second-order valence-corrected chi connectivity index (χ2v) is 10.2. The topological polar surface area (TPSA) is 69.6 Å². The number of carbonyl (C=O) groups excluding carboxylic acids is 1. The first-order valence-corrected chi connectivity index (χ1v) is 15.4. The molecule has 0 spiro atoms. The van der Waals surface area contributed by atoms with Crippen molar-refractivity contribution in [2.75, 3.05) is 6.61 Å². The molecular formula is C33H59NO3. The second kappa shape index (κ2) is 28.9. The van der Waals surface area contributed by atoms with Gasteiger partial charge in [-0.25, -0.2) is 0 Å². The van der Waals surface area contributed by atoms with Gasteiger partial charge in [0.15, 0.2) is 0 Å². The summed E-state index contributed by atoms with van der Waals surface area (Å²) < 4.78 is 0. The van der Waals surface area contributed by atoms with Gasteiger partial charge in [0.05, 0.1) is 18.8 Å². The summed E-state index contributed by atoms with van der Waals surface area (Å²) in [5.74, 6) is -0.0946. The SMILES string of the molecule is CCCCC/C=C/CC/C=C/C(O)C(CO)NC(=O)CCCCCCC/C=C\C/C=C\CCCCCC. The number of rotatable bonds is 26. The first-order valence-electron chi connectivity index (χ1n) is 15.4. The number of carbonyl (C=O) groups is 1. The molecular weight excluding hydrogens is 458 g/mol. The number of aliphatic hydroxyl groups excluding tert-OH is 2. The molecule has 0 aromatic heterocycles. The van der Waals surface area contributed by atoms with Gasteiger partial charge in [0.1, 0.15) is 0 Å². The minimum atomic E-state index is -0.864. The van der Waals surface area contributed by atoms with Crippen molar-refractivity contribution in [2.45, 2.75) is 148 Å². The molecule has 0 aliphatic carbocycles. The normalized spacial score (nSPS) is 13.9. The van der Waals surface area contributed by atoms with E-state index in [1.165, 1.54) is 64.2 Å². The molecule has 3 N–H and O–H groups in total. The Hall–Kier alpha value is -1.65. The van der Waals surface area contributed by atoms with Gasteiger partial charge in [-0.1, -0.05) is 114 Å². The molecule has 0 saturated carbocycles. The van der Waals surface area contributed by atoms with E-state index in [1.54, 1.807) is 6.08 Å². The van der Waals surface area contributed by atoms with E-state index in [9.17, 15) is 15.0 Å². The summed E-state index contributed by atoms with van der Waals surface area (Å²) in [6.45, 7) is 4.19. The lowest BCUT2D eigenvalue weighted by atomic mass is 10.1. The van der Waals surface area contributed by atoms with E-state index in [0.29, 0.717) is 6.42 Å². The van der Waals surface area contributed by atoms with E-state index < -0.39 is 12.1 Å². The van der Waals surface area contributed by atoms with Crippen molar-refractivity contribution in [1.29, 1.82) is 0 Å². The largest absolute Gasteiger partial charge is 0.394 e. The Labute approximate surface area is 229 Å². The van der Waals surface area contributed by atoms with Crippen molar-refractivity contribution in [1.82, 2.24) is 5.32 Å². The predicted molar refractivity (Wildman–Crippen MR) is 161 cm³/mol. The summed E-state index contributed by atoms with van der Waals surface area (Å²) in [5.41, 5.74) is 0. The predicted octanol–water partition coefficient (Wildman–Crippen LogP) is 8.50. The van der Waals surface area contributed by atoms with Gasteiger partial charge in [-0.3, -0.25) is 4.79 Å². The van der Waals surface area contributed by atoms with Crippen LogP contribution in [-0.4, -0.2) is 34.9 Å². The molecule has 4 nitrogen and oxygen atoms in total. The van der Waals surface area contributed by atoms with Crippen molar-refractivity contribution >= 4 is 5.91 Å². The smallest absolute Gasteiger partial charge is 0.220 e. The average molecular weight is 518 g/mol. The number of aliphatic hydroxyl groups is 2. The van der Waals surface area contributed by atoms with Crippen LogP contribution in [0.1, 0.15) is 136 Å². The molecule has 37 heavy (non-hydrogen) atoms. The Morgan fingerprint density at radius 1 is 0.649 bits per heavy atom. The van der Waals surface area contributed by atoms with Gasteiger partial charge in [0.2, 0.25) is 5.91 Å². The van der Waals surface area contributed by atoms with Crippen LogP contribution < -0.4 is 5.32 Å². The molecule has 2 unspecified atom stereocenters. The third kappa shape index (κ3) is 25.8. The highest BCUT2D eigenvalue weighted by Crippen LogP contribution is 2.09. The van der Waals surface area contributed by atoms with Gasteiger partial charge in [-0.2, -0.15) is 0 Å². The van der Waals surface area contributed by atoms with Crippen molar-refractivity contribution in [3.05, 3.63) is 48.6 Å². The molecule has 0 aliphatic heterocycles. The van der Waals surface area contributed by atoms with Crippen LogP contribution in [0.25, 0.3) is 0 Å². The van der Waals surface area contributed by atoms with Crippen molar-refractivity contribution < 1.29 is 15.0 Å². The van der Waals surface area contributed by atoms with E-state index >= 15 is 0 Å². The lowest BCUT2D eigenvalue weighted by Gasteiger charge is -2.19. The average Bonchev–Trinajstić information content (AvgIpc) is 2.90. The van der Waals surface area contributed by atoms with Crippen LogP contribution in [0.2, 0.25) is 0 Å². The Morgan fingerprint density at radius 3 is 1.78 bits per heavy atom. The van der Waals surface area contributed by atoms with Crippen molar-refractivity contribution in [2.24, 2.45) is 0 Å². The number of hydrogen-bond acceptors (Lipinski definition) is 3. The van der Waals surface area contributed by atoms with E-state index in [2.05, 4.69) is 55.6 Å². The number of hydrogen-bond donors (Lipinski definition) is 3. The molecule has 2 atom stereocenters. The van der Waals surface area contributed by atoms with E-state index in [1.807, 2.05) is 6.08 Å². The quantitative estimate of drug-likeness (QED) is 0.0795. The summed E-state index contributed by atoms with van der Waals surface area (Å²) in [7, 11) is 0. The standard InChI is InChI=1S/C33H59NO3/c1-3-5-7-9-11-13-14-15-16-17-18-19-21-23-25-27-29-33(37)34-31(30-35)32(36)28-26-24-22-20-12-10-8-6-4-2/h12-14,16-17,20,26,28,31-32,35-36H,3-11,15,18-19,21-25,27,29-30H2,1-2H3,(H,34,37)/b14-13-,17-16-,20-12+,28-26+. The Kier molecular flexibility index (Phi) is 27.6. The van der Waals surface area contributed by atoms with Gasteiger partial charge >= 0.3 is 0 Å². The molecule has 4 heteroatoms. The summed E-state index contributed by atoms with van der Waals surface area (Å²) in [4.78, 5) is 12.2. The lowest BCUT2D eigenvalue weighted by Crippen LogP contribution is -2.45. The van der Waals surface area contributed by atoms with E-state index in [0.717, 1.165) is 51.4 Å². The fourth-order valence-corrected chi connectivity index (χ4v) is 4.10. The number of unbranched alkanes of at least 4 members (excludes halogenated alkanes) is 13. The third-order valence-electron chi connectivity index (χ3n) is 6.53. The van der Waals surface area contributed by atoms with Crippen LogP contribution in [0.4, 0.5) is 0 Å². The Balaban J connectivity index is 3.75. The summed E-state index contributed by atoms with van der Waals surface area (Å²) >= 11 is 0. The molecule has 0 radical (unpaired) electrons. The molecule has 1 amide bonds. The molecule has 0 saturated heterocycles. The van der Waals surface area contributed by atoms with Crippen LogP contribution in [-0.2, 0) is 4.79 Å². The summed E-state index contributed by atoms with van der Waals surface area (Å²) in [6, 6.07) is -0.643. The molecule has 0 bridgehead atoms. The fourth-order valence-electron chi connectivity index (χ4n) is 4.10. The summed E-state index contributed by atoms with van der Waals surface area (Å²) in [6.07, 6.45) is 37.5. The van der Waals surface area contributed by atoms with Crippen molar-refractivity contribution in [3.63, 3.8) is 0 Å². The number of amides is 1. The third-order valence-corrected chi connectivity index (χ3v) is 6.53. The highest BCUT2D eigenvalue weighted by atomic mass is 16.3. The first kappa shape index (κ1) is 35.4. The summed E-state index contributed by atoms with van der Waals surface area (Å²) in [5, 5.41) is 22.6. The first-order chi connectivity index (χ1) is 18.2. The van der Waals surface area contributed by atoms with Crippen LogP contribution in [0.15, 0.2) is 48.6 Å². The second-order valence-electron chi connectivity index (χ2n) is 10.2. The fraction of sp³-hybridized carbons (Fsp3) is 0.727. The zero-order valence-electron chi connectivity index (χ0n) is 24.2. The molecule has 214 valence electrons. The number of nitrogens with one attached hydrogen (secondary N) is 1. The molecule has 0 aromatic carbocycles. The highest BCUT2D eigenvalue weighted by Gasteiger charge is 2.17. The Morgan fingerprint density at radius 2 is 1.14 bits per heavy atom. The van der Waals surface area contributed by atoms with Crippen LogP contribution in [0.5, 0.6) is 0 Å². The lowest BCUT2D eigenvalue weighted by molar-refractivity contribution is -0.123. The maximum Gasteiger partial charge on any atom is 0.220 e. The van der Waals surface area contributed by atoms with Gasteiger partial charge < -0.3 is 15.5 Å². The van der Waals surface area contributed by atoms with Gasteiger partial charge in [-0.15, -0.1) is 0 Å². The maximum absolute atomic E-state index is 12.2. The monoisotopic (exact) mass is 517 g/mol. The maximum atomic E-state index is 12.2. The Bertz CT molecular complexity index is 609. The van der Waals surface area contributed by atoms with Crippen molar-refractivity contribution in [3.8, 4) is 0 Å². The molecule has 0 aromatic rings. The molecule has 0 aliphatic rings. The van der Waals surface area contributed by atoms with Crippen LogP contribution in [0.3, 0.4) is 0 Å². The van der Waals surface area contributed by atoms with E-state index in [-0.39, 0.29) is 12.5 Å². The highest BCUT2D eigenvalue weighted by molar-refractivity contribution is 5.76. The zero-order valence-corrected chi connectivity index (χ0v) is 24.2.